The van der Waals surface area contributed by atoms with Crippen LogP contribution in [0.15, 0.2) is 95.1 Å². The number of carbonyl (C=O) groups excluding carboxylic acids is 2. The molecule has 0 aliphatic heterocycles. The third kappa shape index (κ3) is 9.18. The summed E-state index contributed by atoms with van der Waals surface area (Å²) in [5.74, 6) is 1.76. The first-order valence-corrected chi connectivity index (χ1v) is 13.8. The Kier molecular flexibility index (Phi) is 12.5. The summed E-state index contributed by atoms with van der Waals surface area (Å²) in [5, 5.41) is 8.07. The van der Waals surface area contributed by atoms with E-state index in [0.29, 0.717) is 45.3 Å². The molecule has 4 rings (SSSR count). The second-order valence-electron chi connectivity index (χ2n) is 8.84. The number of hydrogen-bond acceptors (Lipinski definition) is 8. The topological polar surface area (TPSA) is 120 Å². The molecule has 228 valence electrons. The van der Waals surface area contributed by atoms with Gasteiger partial charge in [-0.05, 0) is 59.7 Å². The first kappa shape index (κ1) is 32.9. The molecule has 0 saturated heterocycles. The molecule has 0 spiro atoms. The van der Waals surface area contributed by atoms with Crippen LogP contribution in [0.4, 0.5) is 0 Å². The Morgan fingerprint density at radius 3 is 1.09 bits per heavy atom. The van der Waals surface area contributed by atoms with Crippen LogP contribution in [-0.2, 0) is 0 Å². The summed E-state index contributed by atoms with van der Waals surface area (Å²) >= 11 is 0. The molecule has 0 aromatic heterocycles. The van der Waals surface area contributed by atoms with E-state index in [2.05, 4.69) is 21.1 Å². The van der Waals surface area contributed by atoms with Crippen LogP contribution in [-0.4, -0.2) is 52.7 Å². The summed E-state index contributed by atoms with van der Waals surface area (Å²) in [4.78, 5) is 25.1. The monoisotopic (exact) mass is 596 g/mol. The fourth-order valence-electron chi connectivity index (χ4n) is 3.90. The lowest BCUT2D eigenvalue weighted by molar-refractivity contribution is 0.0947. The molecular formula is C34H36N4O6. The number of benzene rings is 4. The molecule has 0 bridgehead atoms. The van der Waals surface area contributed by atoms with Gasteiger partial charge in [-0.1, -0.05) is 38.1 Å². The van der Waals surface area contributed by atoms with Crippen molar-refractivity contribution in [1.29, 1.82) is 0 Å². The molecule has 0 saturated carbocycles. The Balaban J connectivity index is 0.00000259. The second kappa shape index (κ2) is 16.7. The highest BCUT2D eigenvalue weighted by atomic mass is 16.5. The van der Waals surface area contributed by atoms with Crippen molar-refractivity contribution in [3.05, 3.63) is 107 Å². The van der Waals surface area contributed by atoms with Crippen molar-refractivity contribution in [1.82, 2.24) is 10.9 Å². The van der Waals surface area contributed by atoms with E-state index in [1.165, 1.54) is 12.4 Å². The number of hydrazone groups is 2. The zero-order chi connectivity index (χ0) is 31.9. The minimum absolute atomic E-state index is 0.354. The Bertz CT molecular complexity index is 1430. The average Bonchev–Trinajstić information content (AvgIpc) is 3.08. The van der Waals surface area contributed by atoms with Crippen LogP contribution in [0.1, 0.15) is 45.7 Å². The van der Waals surface area contributed by atoms with Gasteiger partial charge in [0.15, 0.2) is 0 Å². The van der Waals surface area contributed by atoms with E-state index in [0.717, 1.165) is 11.1 Å². The molecule has 44 heavy (non-hydrogen) atoms. The zero-order valence-electron chi connectivity index (χ0n) is 25.6. The molecule has 2 amide bonds. The highest BCUT2D eigenvalue weighted by Crippen LogP contribution is 2.23. The fraction of sp³-hybridized carbons (Fsp3) is 0.176. The summed E-state index contributed by atoms with van der Waals surface area (Å²) in [6.07, 6.45) is 3.02. The minimum atomic E-state index is -0.354. The van der Waals surface area contributed by atoms with Crippen LogP contribution in [0.25, 0.3) is 11.1 Å². The fourth-order valence-corrected chi connectivity index (χ4v) is 3.90. The van der Waals surface area contributed by atoms with Gasteiger partial charge in [-0.25, -0.2) is 10.9 Å². The predicted octanol–water partition coefficient (Wildman–Crippen LogP) is 5.94. The normalized spacial score (nSPS) is 10.5. The second-order valence-corrected chi connectivity index (χ2v) is 8.84. The number of rotatable bonds is 11. The lowest BCUT2D eigenvalue weighted by atomic mass is 10.0. The van der Waals surface area contributed by atoms with Crippen LogP contribution in [0.3, 0.4) is 0 Å². The van der Waals surface area contributed by atoms with Gasteiger partial charge in [0.1, 0.15) is 23.0 Å². The highest BCUT2D eigenvalue weighted by Gasteiger charge is 2.08. The summed E-state index contributed by atoms with van der Waals surface area (Å²) in [6, 6.07) is 24.7. The maximum Gasteiger partial charge on any atom is 0.271 e. The first-order valence-electron chi connectivity index (χ1n) is 13.8. The quantitative estimate of drug-likeness (QED) is 0.163. The van der Waals surface area contributed by atoms with Gasteiger partial charge in [0.2, 0.25) is 0 Å². The van der Waals surface area contributed by atoms with Crippen LogP contribution < -0.4 is 29.8 Å². The minimum Gasteiger partial charge on any atom is -0.497 e. The summed E-state index contributed by atoms with van der Waals surface area (Å²) in [7, 11) is 6.25. The number of amides is 2. The van der Waals surface area contributed by atoms with Gasteiger partial charge in [-0.15, -0.1) is 0 Å². The molecule has 0 aliphatic carbocycles. The largest absolute Gasteiger partial charge is 0.497 e. The van der Waals surface area contributed by atoms with Crippen LogP contribution in [0.2, 0.25) is 0 Å². The van der Waals surface area contributed by atoms with Gasteiger partial charge in [0, 0.05) is 34.4 Å². The molecule has 0 radical (unpaired) electrons. The standard InChI is InChI=1S/C32H30N4O6.C2H6/c1-39-27-13-21(14-28(17-27)40-2)19-33-35-31(37)25-9-5-23(6-10-25)24-7-11-26(12-8-24)32(38)36-34-20-22-15-29(41-3)18-30(16-22)42-4;1-2/h5-20H,1-4H3,(H,35,37)(H,36,38);1-2H3/b33-19+,34-20+;. The predicted molar refractivity (Wildman–Crippen MR) is 172 cm³/mol. The van der Waals surface area contributed by atoms with Crippen molar-refractivity contribution in [2.45, 2.75) is 13.8 Å². The molecule has 4 aromatic rings. The number of methoxy groups -OCH3 is 4. The average molecular weight is 597 g/mol. The van der Waals surface area contributed by atoms with E-state index in [-0.39, 0.29) is 11.8 Å². The number of hydrogen-bond donors (Lipinski definition) is 2. The van der Waals surface area contributed by atoms with E-state index >= 15 is 0 Å². The van der Waals surface area contributed by atoms with E-state index in [4.69, 9.17) is 18.9 Å². The molecule has 10 heteroatoms. The summed E-state index contributed by atoms with van der Waals surface area (Å²) in [5.41, 5.74) is 9.13. The Morgan fingerprint density at radius 1 is 0.523 bits per heavy atom. The molecule has 0 fully saturated rings. The Labute approximate surface area is 257 Å². The van der Waals surface area contributed by atoms with Gasteiger partial charge in [-0.2, -0.15) is 10.2 Å². The van der Waals surface area contributed by atoms with Gasteiger partial charge >= 0.3 is 0 Å². The van der Waals surface area contributed by atoms with Crippen molar-refractivity contribution >= 4 is 24.2 Å². The molecule has 0 atom stereocenters. The van der Waals surface area contributed by atoms with Gasteiger partial charge in [-0.3, -0.25) is 9.59 Å². The third-order valence-corrected chi connectivity index (χ3v) is 6.13. The van der Waals surface area contributed by atoms with Gasteiger partial charge < -0.3 is 18.9 Å². The summed E-state index contributed by atoms with van der Waals surface area (Å²) in [6.45, 7) is 4.00. The van der Waals surface area contributed by atoms with Crippen molar-refractivity contribution in [2.75, 3.05) is 28.4 Å². The number of nitrogens with zero attached hydrogens (tertiary/aromatic N) is 2. The van der Waals surface area contributed by atoms with Gasteiger partial charge in [0.25, 0.3) is 11.8 Å². The third-order valence-electron chi connectivity index (χ3n) is 6.13. The SMILES string of the molecule is CC.COc1cc(/C=N/NC(=O)c2ccc(-c3ccc(C(=O)N/N=C/c4cc(OC)cc(OC)c4)cc3)cc2)cc(OC)c1. The number of ether oxygens (including phenoxy) is 4. The lowest BCUT2D eigenvalue weighted by Gasteiger charge is -2.07. The Hall–Kier alpha value is -5.64. The van der Waals surface area contributed by atoms with Crippen molar-refractivity contribution in [3.8, 4) is 34.1 Å². The molecule has 10 nitrogen and oxygen atoms in total. The van der Waals surface area contributed by atoms with Crippen LogP contribution in [0.5, 0.6) is 23.0 Å². The van der Waals surface area contributed by atoms with Crippen molar-refractivity contribution in [2.24, 2.45) is 10.2 Å². The molecule has 2 N–H and O–H groups in total. The highest BCUT2D eigenvalue weighted by molar-refractivity contribution is 5.96. The van der Waals surface area contributed by atoms with E-state index < -0.39 is 0 Å². The molecular weight excluding hydrogens is 560 g/mol. The smallest absolute Gasteiger partial charge is 0.271 e. The molecule has 0 aliphatic rings. The Morgan fingerprint density at radius 2 is 0.818 bits per heavy atom. The van der Waals surface area contributed by atoms with Crippen LogP contribution >= 0.6 is 0 Å². The zero-order valence-corrected chi connectivity index (χ0v) is 25.6. The summed E-state index contributed by atoms with van der Waals surface area (Å²) < 4.78 is 21.0. The van der Waals surface area contributed by atoms with Crippen molar-refractivity contribution < 1.29 is 28.5 Å². The lowest BCUT2D eigenvalue weighted by Crippen LogP contribution is -2.17. The number of carbonyl (C=O) groups is 2. The number of nitrogens with one attached hydrogen (secondary N) is 2. The van der Waals surface area contributed by atoms with E-state index in [1.54, 1.807) is 89.1 Å². The maximum atomic E-state index is 12.5. The van der Waals surface area contributed by atoms with E-state index in [1.807, 2.05) is 38.1 Å². The molecule has 0 unspecified atom stereocenters. The first-order chi connectivity index (χ1) is 21.4. The molecule has 0 heterocycles. The van der Waals surface area contributed by atoms with Gasteiger partial charge in [0.05, 0.1) is 40.9 Å². The van der Waals surface area contributed by atoms with E-state index in [9.17, 15) is 9.59 Å². The maximum absolute atomic E-state index is 12.5. The molecule has 4 aromatic carbocycles. The van der Waals surface area contributed by atoms with Crippen LogP contribution in [0, 0.1) is 0 Å². The van der Waals surface area contributed by atoms with Crippen molar-refractivity contribution in [3.63, 3.8) is 0 Å².